The second-order valence-corrected chi connectivity index (χ2v) is 4.65. The van der Waals surface area contributed by atoms with Crippen LogP contribution in [0.25, 0.3) is 11.1 Å². The molecule has 1 aromatic heterocycles. The van der Waals surface area contributed by atoms with Crippen LogP contribution in [0, 0.1) is 0 Å². The molecule has 0 unspecified atom stereocenters. The molecular weight excluding hydrogens is 216 g/mol. The van der Waals surface area contributed by atoms with E-state index in [0.29, 0.717) is 6.42 Å². The quantitative estimate of drug-likeness (QED) is 0.711. The zero-order valence-electron chi connectivity index (χ0n) is 9.27. The first kappa shape index (κ1) is 11.1. The summed E-state index contributed by atoms with van der Waals surface area (Å²) in [5.41, 5.74) is 2.32. The average molecular weight is 230 g/mol. The smallest absolute Gasteiger partial charge is 0.172 e. The third-order valence-electron chi connectivity index (χ3n) is 2.46. The van der Waals surface area contributed by atoms with Crippen molar-refractivity contribution in [3.8, 4) is 11.1 Å². The van der Waals surface area contributed by atoms with Crippen molar-refractivity contribution >= 4 is 17.1 Å². The van der Waals surface area contributed by atoms with E-state index in [9.17, 15) is 4.79 Å². The Morgan fingerprint density at radius 2 is 1.94 bits per heavy atom. The van der Waals surface area contributed by atoms with E-state index in [1.165, 1.54) is 5.56 Å². The van der Waals surface area contributed by atoms with Gasteiger partial charge in [-0.25, -0.2) is 0 Å². The van der Waals surface area contributed by atoms with Gasteiger partial charge in [-0.05, 0) is 29.0 Å². The summed E-state index contributed by atoms with van der Waals surface area (Å²) in [6, 6.07) is 12.2. The number of carbonyl (C=O) groups excluding carboxylic acids is 1. The Bertz CT molecular complexity index is 470. The van der Waals surface area contributed by atoms with E-state index in [1.54, 1.807) is 11.3 Å². The van der Waals surface area contributed by atoms with Gasteiger partial charge >= 0.3 is 0 Å². The van der Waals surface area contributed by atoms with Crippen molar-refractivity contribution in [1.29, 1.82) is 0 Å². The maximum atomic E-state index is 11.7. The van der Waals surface area contributed by atoms with Crippen LogP contribution in [0.3, 0.4) is 0 Å². The van der Waals surface area contributed by atoms with Crippen molar-refractivity contribution in [1.82, 2.24) is 0 Å². The van der Waals surface area contributed by atoms with Crippen molar-refractivity contribution < 1.29 is 4.79 Å². The number of thiophene rings is 1. The Balaban J connectivity index is 2.23. The van der Waals surface area contributed by atoms with Gasteiger partial charge in [0, 0.05) is 6.42 Å². The van der Waals surface area contributed by atoms with Gasteiger partial charge in [0.15, 0.2) is 5.78 Å². The predicted molar refractivity (Wildman–Crippen MR) is 69.0 cm³/mol. The molecule has 0 saturated carbocycles. The zero-order valence-corrected chi connectivity index (χ0v) is 10.1. The molecule has 0 N–H and O–H groups in total. The van der Waals surface area contributed by atoms with E-state index in [-0.39, 0.29) is 5.78 Å². The molecule has 0 aliphatic rings. The van der Waals surface area contributed by atoms with E-state index in [2.05, 4.69) is 17.5 Å². The summed E-state index contributed by atoms with van der Waals surface area (Å²) in [6.45, 7) is 2.03. The Morgan fingerprint density at radius 1 is 1.19 bits per heavy atom. The van der Waals surface area contributed by atoms with Crippen LogP contribution in [-0.4, -0.2) is 5.78 Å². The van der Waals surface area contributed by atoms with Gasteiger partial charge in [0.2, 0.25) is 0 Å². The zero-order chi connectivity index (χ0) is 11.4. The van der Waals surface area contributed by atoms with Crippen LogP contribution in [0.15, 0.2) is 41.8 Å². The molecule has 2 rings (SSSR count). The normalized spacial score (nSPS) is 10.3. The summed E-state index contributed by atoms with van der Waals surface area (Å²) in [6.07, 6.45) is 1.56. The lowest BCUT2D eigenvalue weighted by Crippen LogP contribution is -1.93. The van der Waals surface area contributed by atoms with Crippen LogP contribution in [-0.2, 0) is 0 Å². The lowest BCUT2D eigenvalue weighted by atomic mass is 10.1. The van der Waals surface area contributed by atoms with Crippen LogP contribution in [0.1, 0.15) is 29.4 Å². The largest absolute Gasteiger partial charge is 0.293 e. The molecule has 1 aromatic carbocycles. The highest BCUT2D eigenvalue weighted by Gasteiger charge is 2.08. The minimum atomic E-state index is 0.259. The number of benzene rings is 1. The number of carbonyl (C=O) groups is 1. The minimum Gasteiger partial charge on any atom is -0.293 e. The van der Waals surface area contributed by atoms with Crippen LogP contribution < -0.4 is 0 Å². The van der Waals surface area contributed by atoms with Gasteiger partial charge in [0.1, 0.15) is 0 Å². The summed E-state index contributed by atoms with van der Waals surface area (Å²) in [5.74, 6) is 0.259. The molecule has 1 nitrogen and oxygen atoms in total. The summed E-state index contributed by atoms with van der Waals surface area (Å²) >= 11 is 1.54. The number of ketones is 1. The van der Waals surface area contributed by atoms with Crippen LogP contribution in [0.4, 0.5) is 0 Å². The lowest BCUT2D eigenvalue weighted by Gasteiger charge is -1.95. The van der Waals surface area contributed by atoms with Gasteiger partial charge in [-0.2, -0.15) is 0 Å². The third kappa shape index (κ3) is 2.39. The molecule has 16 heavy (non-hydrogen) atoms. The van der Waals surface area contributed by atoms with E-state index in [0.717, 1.165) is 16.9 Å². The highest BCUT2D eigenvalue weighted by atomic mass is 32.1. The maximum absolute atomic E-state index is 11.7. The Hall–Kier alpha value is -1.41. The SMILES string of the molecule is CCCC(=O)c1cc(-c2ccccc2)cs1. The molecule has 2 heteroatoms. The van der Waals surface area contributed by atoms with Crippen LogP contribution in [0.2, 0.25) is 0 Å². The van der Waals surface area contributed by atoms with Crippen LogP contribution in [0.5, 0.6) is 0 Å². The minimum absolute atomic E-state index is 0.259. The number of hydrogen-bond acceptors (Lipinski definition) is 2. The fraction of sp³-hybridized carbons (Fsp3) is 0.214. The molecule has 0 bridgehead atoms. The van der Waals surface area contributed by atoms with Crippen molar-refractivity contribution in [2.75, 3.05) is 0 Å². The molecule has 0 fully saturated rings. The molecule has 0 aliphatic carbocycles. The number of rotatable bonds is 4. The molecule has 0 amide bonds. The third-order valence-corrected chi connectivity index (χ3v) is 3.43. The Labute approximate surface area is 99.8 Å². The van der Waals surface area contributed by atoms with Crippen molar-refractivity contribution in [3.05, 3.63) is 46.7 Å². The molecule has 0 radical (unpaired) electrons. The molecule has 1 heterocycles. The number of hydrogen-bond donors (Lipinski definition) is 0. The van der Waals surface area contributed by atoms with Gasteiger partial charge in [-0.3, -0.25) is 4.79 Å². The standard InChI is InChI=1S/C14H14OS/c1-2-6-13(15)14-9-12(10-16-14)11-7-4-3-5-8-11/h3-5,7-10H,2,6H2,1H3. The molecule has 2 aromatic rings. The second kappa shape index (κ2) is 5.08. The Morgan fingerprint density at radius 3 is 2.62 bits per heavy atom. The summed E-state index contributed by atoms with van der Waals surface area (Å²) in [7, 11) is 0. The van der Waals surface area contributed by atoms with Gasteiger partial charge < -0.3 is 0 Å². The molecule has 82 valence electrons. The number of Topliss-reactive ketones (excluding diaryl/α,β-unsaturated/α-hetero) is 1. The fourth-order valence-corrected chi connectivity index (χ4v) is 2.50. The Kier molecular flexibility index (Phi) is 3.52. The van der Waals surface area contributed by atoms with Gasteiger partial charge in [0.25, 0.3) is 0 Å². The van der Waals surface area contributed by atoms with E-state index in [1.807, 2.05) is 31.2 Å². The first-order valence-electron chi connectivity index (χ1n) is 5.48. The van der Waals surface area contributed by atoms with E-state index < -0.39 is 0 Å². The highest BCUT2D eigenvalue weighted by molar-refractivity contribution is 7.12. The highest BCUT2D eigenvalue weighted by Crippen LogP contribution is 2.26. The monoisotopic (exact) mass is 230 g/mol. The van der Waals surface area contributed by atoms with Gasteiger partial charge in [-0.1, -0.05) is 37.3 Å². The van der Waals surface area contributed by atoms with Crippen molar-refractivity contribution in [3.63, 3.8) is 0 Å². The van der Waals surface area contributed by atoms with E-state index in [4.69, 9.17) is 0 Å². The molecule has 0 saturated heterocycles. The van der Waals surface area contributed by atoms with Crippen LogP contribution >= 0.6 is 11.3 Å². The van der Waals surface area contributed by atoms with E-state index >= 15 is 0 Å². The molecule has 0 spiro atoms. The lowest BCUT2D eigenvalue weighted by molar-refractivity contribution is 0.0985. The average Bonchev–Trinajstić information content (AvgIpc) is 2.80. The topological polar surface area (TPSA) is 17.1 Å². The summed E-state index contributed by atoms with van der Waals surface area (Å²) in [4.78, 5) is 12.6. The first-order valence-corrected chi connectivity index (χ1v) is 6.36. The fourth-order valence-electron chi connectivity index (χ4n) is 1.61. The second-order valence-electron chi connectivity index (χ2n) is 3.74. The molecule has 0 aliphatic heterocycles. The molecule has 0 atom stereocenters. The van der Waals surface area contributed by atoms with Gasteiger partial charge in [0.05, 0.1) is 4.88 Å². The van der Waals surface area contributed by atoms with Gasteiger partial charge in [-0.15, -0.1) is 11.3 Å². The predicted octanol–water partition coefficient (Wildman–Crippen LogP) is 4.40. The van der Waals surface area contributed by atoms with Crippen molar-refractivity contribution in [2.45, 2.75) is 19.8 Å². The first-order chi connectivity index (χ1) is 7.81. The maximum Gasteiger partial charge on any atom is 0.172 e. The summed E-state index contributed by atoms with van der Waals surface area (Å²) < 4.78 is 0. The summed E-state index contributed by atoms with van der Waals surface area (Å²) in [5, 5.41) is 2.05. The van der Waals surface area contributed by atoms with Crippen molar-refractivity contribution in [2.24, 2.45) is 0 Å². The molecular formula is C14H14OS.